The zero-order chi connectivity index (χ0) is 41.2. The Morgan fingerprint density at radius 2 is 1.50 bits per heavy atom. The van der Waals surface area contributed by atoms with Crippen LogP contribution in [0.1, 0.15) is 62.0 Å². The summed E-state index contributed by atoms with van der Waals surface area (Å²) in [7, 11) is 0. The lowest BCUT2D eigenvalue weighted by Crippen LogP contribution is -2.30. The van der Waals surface area contributed by atoms with Crippen LogP contribution in [0.5, 0.6) is 0 Å². The van der Waals surface area contributed by atoms with Crippen LogP contribution in [0, 0.1) is 6.92 Å². The van der Waals surface area contributed by atoms with Gasteiger partial charge in [-0.05, 0) is 67.4 Å². The van der Waals surface area contributed by atoms with Crippen molar-refractivity contribution in [2.24, 2.45) is 0 Å². The average molecular weight is 806 g/mol. The van der Waals surface area contributed by atoms with E-state index in [9.17, 15) is 54.5 Å². The smallest absolute Gasteiger partial charge is 0.352 e. The second-order valence-electron chi connectivity index (χ2n) is 11.6. The van der Waals surface area contributed by atoms with E-state index in [2.05, 4.69) is 39.5 Å². The van der Waals surface area contributed by atoms with E-state index in [1.807, 2.05) is 0 Å². The topological polar surface area (TPSA) is 202 Å². The first-order valence-corrected chi connectivity index (χ1v) is 17.0. The standard InChI is InChI=1S/C18H14F3N3O2.C11H11F3N2O2.C6H4N2O3S/c1-10-14(15(25)13-6-3-7-22-16(13)24-10)17(26)23-9-11-4-2-5-12(8-11)18(19,20)21;1-7(17)2-10(18)16-5-8-3-9(6-15-4-8)11(12,13)14;9-6-4-2-1-3-7-5(4)8-12(10)11-6/h2-8H,9H2,1H3,(H,23,26)(H,22,24,25);3-4,6H,2,5H2,1H3,(H,16,18);1-3H,(H,7,8). The summed E-state index contributed by atoms with van der Waals surface area (Å²) < 4.78 is 92.9. The van der Waals surface area contributed by atoms with E-state index in [0.717, 1.165) is 18.2 Å². The molecule has 0 saturated heterocycles. The van der Waals surface area contributed by atoms with Crippen molar-refractivity contribution < 1.29 is 53.9 Å². The summed E-state index contributed by atoms with van der Waals surface area (Å²) in [5.74, 6) is -1.82. The van der Waals surface area contributed by atoms with Gasteiger partial charge in [0.2, 0.25) is 11.3 Å². The fourth-order valence-electron chi connectivity index (χ4n) is 4.73. The maximum atomic E-state index is 12.7. The molecule has 5 heterocycles. The molecule has 0 fully saturated rings. The number of rotatable bonds is 7. The molecule has 294 valence electrons. The highest BCUT2D eigenvalue weighted by atomic mass is 32.2. The third-order valence-corrected chi connectivity index (χ3v) is 7.94. The molecule has 0 spiro atoms. The van der Waals surface area contributed by atoms with Crippen LogP contribution >= 0.6 is 0 Å². The highest BCUT2D eigenvalue weighted by Crippen LogP contribution is 2.30. The molecule has 1 aliphatic heterocycles. The number of carbonyl (C=O) groups excluding carboxylic acids is 4. The quantitative estimate of drug-likeness (QED) is 0.126. The van der Waals surface area contributed by atoms with Crippen molar-refractivity contribution in [2.45, 2.75) is 45.7 Å². The minimum atomic E-state index is -4.47. The largest absolute Gasteiger partial charge is 0.417 e. The van der Waals surface area contributed by atoms with Crippen LogP contribution in [0.15, 0.2) is 84.2 Å². The number of H-pyrrole nitrogens is 1. The maximum absolute atomic E-state index is 12.7. The molecule has 56 heavy (non-hydrogen) atoms. The summed E-state index contributed by atoms with van der Waals surface area (Å²) in [6.07, 6.45) is -4.26. The summed E-state index contributed by atoms with van der Waals surface area (Å²) in [6, 6.07) is 11.8. The summed E-state index contributed by atoms with van der Waals surface area (Å²) in [5, 5.41) is 5.10. The second-order valence-corrected chi connectivity index (χ2v) is 12.4. The van der Waals surface area contributed by atoms with Crippen molar-refractivity contribution in [3.05, 3.63) is 129 Å². The number of aryl methyl sites for hydroxylation is 1. The molecule has 1 atom stereocenters. The van der Waals surface area contributed by atoms with Crippen LogP contribution < -0.4 is 20.8 Å². The lowest BCUT2D eigenvalue weighted by atomic mass is 10.1. The van der Waals surface area contributed by atoms with Gasteiger partial charge in [-0.2, -0.15) is 30.6 Å². The molecule has 4 aromatic heterocycles. The lowest BCUT2D eigenvalue weighted by Gasteiger charge is -2.13. The van der Waals surface area contributed by atoms with Crippen molar-refractivity contribution in [3.8, 4) is 0 Å². The Kier molecular flexibility index (Phi) is 13.7. The number of ketones is 1. The molecule has 1 unspecified atom stereocenters. The van der Waals surface area contributed by atoms with Crippen LogP contribution in [0.25, 0.3) is 11.0 Å². The van der Waals surface area contributed by atoms with Gasteiger partial charge < -0.3 is 19.8 Å². The summed E-state index contributed by atoms with van der Waals surface area (Å²) in [6.45, 7) is 2.59. The van der Waals surface area contributed by atoms with E-state index in [-0.39, 0.29) is 47.4 Å². The number of fused-ring (bicyclic) bond motifs is 2. The first-order valence-electron chi connectivity index (χ1n) is 15.9. The van der Waals surface area contributed by atoms with Gasteiger partial charge in [0, 0.05) is 43.6 Å². The van der Waals surface area contributed by atoms with E-state index >= 15 is 0 Å². The molecule has 14 nitrogen and oxygen atoms in total. The predicted molar refractivity (Wildman–Crippen MR) is 188 cm³/mol. The SMILES string of the molecule is CC(=O)CC(=O)NCc1cncc(C(F)(F)F)c1.Cc1[nH]c2ncccc2c(=O)c1C(=O)NCc1cccc(C(F)(F)F)c1.O=C1OS(=O)Nc2ncccc21. The molecule has 4 N–H and O–H groups in total. The van der Waals surface area contributed by atoms with Crippen molar-refractivity contribution >= 4 is 51.7 Å². The van der Waals surface area contributed by atoms with E-state index in [1.54, 1.807) is 31.2 Å². The number of benzene rings is 1. The normalized spacial score (nSPS) is 13.4. The van der Waals surface area contributed by atoms with Gasteiger partial charge in [0.25, 0.3) is 5.91 Å². The first-order chi connectivity index (χ1) is 26.3. The molecule has 1 aromatic carbocycles. The molecular weight excluding hydrogens is 776 g/mol. The number of Topliss-reactive ketones (excluding diaryl/α,β-unsaturated/α-hetero) is 1. The van der Waals surface area contributed by atoms with Gasteiger partial charge in [-0.15, -0.1) is 0 Å². The van der Waals surface area contributed by atoms with Crippen LogP contribution in [0.4, 0.5) is 32.2 Å². The third kappa shape index (κ3) is 11.7. The number of aromatic nitrogens is 4. The number of nitrogens with zero attached hydrogens (tertiary/aromatic N) is 3. The number of hydrogen-bond acceptors (Lipinski definition) is 10. The van der Waals surface area contributed by atoms with Crippen molar-refractivity contribution in [1.82, 2.24) is 30.6 Å². The van der Waals surface area contributed by atoms with Crippen molar-refractivity contribution in [1.29, 1.82) is 0 Å². The molecule has 6 rings (SSSR count). The Morgan fingerprint density at radius 3 is 2.20 bits per heavy atom. The van der Waals surface area contributed by atoms with E-state index in [1.165, 1.54) is 37.6 Å². The molecule has 0 aliphatic carbocycles. The molecule has 2 amide bonds. The Hall–Kier alpha value is -6.51. The Morgan fingerprint density at radius 1 is 0.839 bits per heavy atom. The molecule has 0 radical (unpaired) electrons. The van der Waals surface area contributed by atoms with Gasteiger partial charge in [-0.25, -0.2) is 14.8 Å². The fraction of sp³-hybridized carbons (Fsp3) is 0.200. The van der Waals surface area contributed by atoms with Gasteiger partial charge in [0.05, 0.1) is 22.9 Å². The Labute approximate surface area is 314 Å². The number of aromatic amines is 1. The van der Waals surface area contributed by atoms with Crippen LogP contribution in [-0.4, -0.2) is 47.7 Å². The van der Waals surface area contributed by atoms with E-state index < -0.39 is 58.0 Å². The summed E-state index contributed by atoms with van der Waals surface area (Å²) in [4.78, 5) is 71.9. The Bertz CT molecular complexity index is 2350. The number of nitrogens with one attached hydrogen (secondary N) is 4. The van der Waals surface area contributed by atoms with Crippen LogP contribution in [-0.2, 0) is 50.5 Å². The number of halogens is 6. The molecule has 21 heteroatoms. The summed E-state index contributed by atoms with van der Waals surface area (Å²) >= 11 is -1.79. The number of pyridine rings is 4. The number of anilines is 1. The zero-order valence-corrected chi connectivity index (χ0v) is 29.8. The highest BCUT2D eigenvalue weighted by Gasteiger charge is 2.31. The predicted octanol–water partition coefficient (Wildman–Crippen LogP) is 5.12. The Balaban J connectivity index is 0.000000201. The minimum absolute atomic E-state index is 0.0857. The second kappa shape index (κ2) is 18.2. The van der Waals surface area contributed by atoms with Gasteiger partial charge in [-0.3, -0.25) is 28.9 Å². The van der Waals surface area contributed by atoms with Gasteiger partial charge in [0.1, 0.15) is 22.6 Å². The monoisotopic (exact) mass is 805 g/mol. The fourth-order valence-corrected chi connectivity index (χ4v) is 5.32. The van der Waals surface area contributed by atoms with E-state index in [0.29, 0.717) is 28.9 Å². The van der Waals surface area contributed by atoms with Crippen LogP contribution in [0.3, 0.4) is 0 Å². The molecule has 1 aliphatic rings. The first kappa shape index (κ1) is 42.2. The molecule has 0 saturated carbocycles. The number of hydrogen-bond donors (Lipinski definition) is 4. The van der Waals surface area contributed by atoms with Crippen molar-refractivity contribution in [3.63, 3.8) is 0 Å². The third-order valence-electron chi connectivity index (χ3n) is 7.28. The van der Waals surface area contributed by atoms with E-state index in [4.69, 9.17) is 0 Å². The lowest BCUT2D eigenvalue weighted by molar-refractivity contribution is -0.138. The minimum Gasteiger partial charge on any atom is -0.352 e. The van der Waals surface area contributed by atoms with Gasteiger partial charge in [0.15, 0.2) is 5.82 Å². The average Bonchev–Trinajstić information content (AvgIpc) is 3.13. The van der Waals surface area contributed by atoms with Crippen molar-refractivity contribution in [2.75, 3.05) is 4.72 Å². The molecule has 5 aromatic rings. The maximum Gasteiger partial charge on any atom is 0.417 e. The highest BCUT2D eigenvalue weighted by molar-refractivity contribution is 7.82. The molecule has 0 bridgehead atoms. The van der Waals surface area contributed by atoms with Gasteiger partial charge >= 0.3 is 29.6 Å². The number of alkyl halides is 6. The van der Waals surface area contributed by atoms with Crippen LogP contribution in [0.2, 0.25) is 0 Å². The summed E-state index contributed by atoms with van der Waals surface area (Å²) in [5.41, 5.74) is -0.727. The number of amides is 2. The zero-order valence-electron chi connectivity index (χ0n) is 29.0. The van der Waals surface area contributed by atoms with Gasteiger partial charge in [-0.1, -0.05) is 12.1 Å². The number of carbonyl (C=O) groups is 4. The molecular formula is C35H29F6N7O7S.